The quantitative estimate of drug-likeness (QED) is 0.774. The number of benzene rings is 2. The first-order valence-corrected chi connectivity index (χ1v) is 8.88. The molecule has 0 aliphatic heterocycles. The molecule has 3 rings (SSSR count). The lowest BCUT2D eigenvalue weighted by Gasteiger charge is -2.13. The summed E-state index contributed by atoms with van der Waals surface area (Å²) in [5, 5.41) is 14.7. The highest BCUT2D eigenvalue weighted by molar-refractivity contribution is 6.32. The van der Waals surface area contributed by atoms with E-state index in [-0.39, 0.29) is 11.8 Å². The van der Waals surface area contributed by atoms with Crippen LogP contribution >= 0.6 is 11.6 Å². The molecule has 2 unspecified atom stereocenters. The van der Waals surface area contributed by atoms with Crippen LogP contribution in [0.25, 0.3) is 0 Å². The van der Waals surface area contributed by atoms with Crippen LogP contribution in [-0.4, -0.2) is 26.0 Å². The maximum atomic E-state index is 12.5. The molecule has 1 saturated carbocycles. The average molecular weight is 400 g/mol. The van der Waals surface area contributed by atoms with Gasteiger partial charge in [0.1, 0.15) is 11.5 Å². The van der Waals surface area contributed by atoms with E-state index in [2.05, 4.69) is 10.6 Å². The van der Waals surface area contributed by atoms with Crippen LogP contribution in [0.15, 0.2) is 36.4 Å². The van der Waals surface area contributed by atoms with Crippen LogP contribution in [0.4, 0.5) is 11.4 Å². The zero-order valence-electron chi connectivity index (χ0n) is 15.3. The average Bonchev–Trinajstić information content (AvgIpc) is 3.50. The van der Waals surface area contributed by atoms with Crippen LogP contribution in [0.3, 0.4) is 0 Å². The third-order valence-corrected chi connectivity index (χ3v) is 4.77. The highest BCUT2D eigenvalue weighted by atomic mass is 35.5. The lowest BCUT2D eigenvalue weighted by Crippen LogP contribution is -2.20. The Balaban J connectivity index is 1.62. The van der Waals surface area contributed by atoms with Gasteiger partial charge in [0.15, 0.2) is 0 Å². The molecule has 2 aromatic rings. The van der Waals surface area contributed by atoms with Gasteiger partial charge in [0.05, 0.1) is 48.4 Å². The number of nitrogens with one attached hydrogen (secondary N) is 2. The van der Waals surface area contributed by atoms with E-state index in [9.17, 15) is 9.59 Å². The number of amides is 2. The van der Waals surface area contributed by atoms with Gasteiger partial charge in [-0.2, -0.15) is 5.26 Å². The molecule has 2 amide bonds. The van der Waals surface area contributed by atoms with E-state index >= 15 is 0 Å². The molecule has 1 aliphatic rings. The standard InChI is InChI=1S/C20H18ClN3O4/c1-27-17-9-16(18(28-2)8-15(17)21)24-20(26)14-7-13(14)19(25)23-12-5-3-11(10-22)4-6-12/h3-6,8-9,13-14H,7H2,1-2H3,(H,23,25)(H,24,26). The Morgan fingerprint density at radius 3 is 2.21 bits per heavy atom. The third kappa shape index (κ3) is 4.18. The summed E-state index contributed by atoms with van der Waals surface area (Å²) in [4.78, 5) is 24.9. The maximum Gasteiger partial charge on any atom is 0.228 e. The minimum atomic E-state index is -0.426. The molecule has 2 N–H and O–H groups in total. The highest BCUT2D eigenvalue weighted by Crippen LogP contribution is 2.42. The number of ether oxygens (including phenoxy) is 2. The van der Waals surface area contributed by atoms with Crippen LogP contribution in [0.1, 0.15) is 12.0 Å². The predicted octanol–water partition coefficient (Wildman–Crippen LogP) is 3.44. The topological polar surface area (TPSA) is 100 Å². The number of nitrogens with zero attached hydrogens (tertiary/aromatic N) is 1. The van der Waals surface area contributed by atoms with Gasteiger partial charge in [-0.1, -0.05) is 11.6 Å². The molecule has 0 saturated heterocycles. The summed E-state index contributed by atoms with van der Waals surface area (Å²) < 4.78 is 10.4. The van der Waals surface area contributed by atoms with Crippen LogP contribution in [0.2, 0.25) is 5.02 Å². The summed E-state index contributed by atoms with van der Waals surface area (Å²) in [5.74, 6) is -0.532. The van der Waals surface area contributed by atoms with E-state index in [4.69, 9.17) is 26.3 Å². The fraction of sp³-hybridized carbons (Fsp3) is 0.250. The molecule has 0 heterocycles. The Morgan fingerprint density at radius 1 is 1.04 bits per heavy atom. The van der Waals surface area contributed by atoms with Gasteiger partial charge in [-0.05, 0) is 30.7 Å². The van der Waals surface area contributed by atoms with Crippen LogP contribution in [0.5, 0.6) is 11.5 Å². The fourth-order valence-electron chi connectivity index (χ4n) is 2.82. The minimum Gasteiger partial charge on any atom is -0.495 e. The van der Waals surface area contributed by atoms with Gasteiger partial charge < -0.3 is 20.1 Å². The number of anilines is 2. The van der Waals surface area contributed by atoms with Crippen molar-refractivity contribution in [3.8, 4) is 17.6 Å². The first kappa shape index (κ1) is 19.5. The lowest BCUT2D eigenvalue weighted by atomic mass is 10.2. The first-order valence-electron chi connectivity index (χ1n) is 8.50. The van der Waals surface area contributed by atoms with E-state index in [1.165, 1.54) is 14.2 Å². The zero-order valence-corrected chi connectivity index (χ0v) is 16.0. The number of hydrogen-bond acceptors (Lipinski definition) is 5. The van der Waals surface area contributed by atoms with E-state index in [0.717, 1.165) is 0 Å². The second-order valence-corrected chi connectivity index (χ2v) is 6.71. The Kier molecular flexibility index (Phi) is 5.71. The van der Waals surface area contributed by atoms with Crippen molar-refractivity contribution in [2.45, 2.75) is 6.42 Å². The van der Waals surface area contributed by atoms with Crippen molar-refractivity contribution in [1.29, 1.82) is 5.26 Å². The number of nitriles is 1. The fourth-order valence-corrected chi connectivity index (χ4v) is 3.05. The van der Waals surface area contributed by atoms with E-state index in [1.807, 2.05) is 6.07 Å². The normalized spacial score (nSPS) is 17.2. The summed E-state index contributed by atoms with van der Waals surface area (Å²) in [6.07, 6.45) is 0.459. The van der Waals surface area contributed by atoms with Crippen molar-refractivity contribution in [2.75, 3.05) is 24.9 Å². The summed E-state index contributed by atoms with van der Waals surface area (Å²) in [6.45, 7) is 0. The first-order chi connectivity index (χ1) is 13.5. The molecule has 28 heavy (non-hydrogen) atoms. The van der Waals surface area contributed by atoms with Gasteiger partial charge in [0.25, 0.3) is 0 Å². The van der Waals surface area contributed by atoms with Crippen molar-refractivity contribution in [1.82, 2.24) is 0 Å². The van der Waals surface area contributed by atoms with Gasteiger partial charge in [-0.15, -0.1) is 0 Å². The van der Waals surface area contributed by atoms with Crippen LogP contribution < -0.4 is 20.1 Å². The smallest absolute Gasteiger partial charge is 0.228 e. The number of carbonyl (C=O) groups excluding carboxylic acids is 2. The SMILES string of the molecule is COc1cc(NC(=O)C2CC2C(=O)Nc2ccc(C#N)cc2)c(OC)cc1Cl. The van der Waals surface area contributed by atoms with Crippen molar-refractivity contribution in [3.63, 3.8) is 0 Å². The zero-order chi connectivity index (χ0) is 20.3. The molecule has 0 bridgehead atoms. The number of rotatable bonds is 6. The molecule has 1 aliphatic carbocycles. The molecular weight excluding hydrogens is 382 g/mol. The van der Waals surface area contributed by atoms with Crippen LogP contribution in [0, 0.1) is 23.2 Å². The third-order valence-electron chi connectivity index (χ3n) is 4.48. The molecule has 0 aromatic heterocycles. The second-order valence-electron chi connectivity index (χ2n) is 6.30. The summed E-state index contributed by atoms with van der Waals surface area (Å²) in [5.41, 5.74) is 1.51. The van der Waals surface area contributed by atoms with Gasteiger partial charge >= 0.3 is 0 Å². The van der Waals surface area contributed by atoms with Gasteiger partial charge in [-0.25, -0.2) is 0 Å². The molecule has 144 valence electrons. The van der Waals surface area contributed by atoms with E-state index < -0.39 is 11.8 Å². The number of methoxy groups -OCH3 is 2. The highest BCUT2D eigenvalue weighted by Gasteiger charge is 2.48. The number of carbonyl (C=O) groups is 2. The molecule has 0 radical (unpaired) electrons. The number of hydrogen-bond donors (Lipinski definition) is 2. The Hall–Kier alpha value is -3.24. The van der Waals surface area contributed by atoms with Crippen LogP contribution in [-0.2, 0) is 9.59 Å². The molecule has 8 heteroatoms. The summed E-state index contributed by atoms with van der Waals surface area (Å²) >= 11 is 6.06. The maximum absolute atomic E-state index is 12.5. The minimum absolute atomic E-state index is 0.231. The molecule has 2 atom stereocenters. The number of halogens is 1. The van der Waals surface area contributed by atoms with Gasteiger partial charge in [0.2, 0.25) is 11.8 Å². The monoisotopic (exact) mass is 399 g/mol. The van der Waals surface area contributed by atoms with Crippen molar-refractivity contribution in [2.24, 2.45) is 11.8 Å². The summed E-state index contributed by atoms with van der Waals surface area (Å²) in [7, 11) is 2.95. The molecule has 7 nitrogen and oxygen atoms in total. The van der Waals surface area contributed by atoms with Crippen molar-refractivity contribution >= 4 is 34.8 Å². The van der Waals surface area contributed by atoms with Crippen molar-refractivity contribution in [3.05, 3.63) is 47.0 Å². The predicted molar refractivity (Wildman–Crippen MR) is 105 cm³/mol. The molecular formula is C20H18ClN3O4. The Morgan fingerprint density at radius 2 is 1.64 bits per heavy atom. The molecule has 0 spiro atoms. The largest absolute Gasteiger partial charge is 0.495 e. The Bertz CT molecular complexity index is 953. The van der Waals surface area contributed by atoms with Gasteiger partial charge in [0, 0.05) is 17.8 Å². The van der Waals surface area contributed by atoms with E-state index in [0.29, 0.717) is 39.9 Å². The second kappa shape index (κ2) is 8.19. The Labute approximate surface area is 167 Å². The molecule has 2 aromatic carbocycles. The van der Waals surface area contributed by atoms with E-state index in [1.54, 1.807) is 36.4 Å². The van der Waals surface area contributed by atoms with Crippen molar-refractivity contribution < 1.29 is 19.1 Å². The summed E-state index contributed by atoms with van der Waals surface area (Å²) in [6, 6.07) is 11.7. The van der Waals surface area contributed by atoms with Gasteiger partial charge in [-0.3, -0.25) is 9.59 Å². The molecule has 1 fully saturated rings. The lowest BCUT2D eigenvalue weighted by molar-refractivity contribution is -0.122.